The molecule has 0 spiro atoms. The highest BCUT2D eigenvalue weighted by Crippen LogP contribution is 2.29. The molecule has 1 atom stereocenters. The molecule has 0 saturated heterocycles. The lowest BCUT2D eigenvalue weighted by Crippen LogP contribution is -2.38. The number of carbonyl (C=O) groups excluding carboxylic acids is 1. The van der Waals surface area contributed by atoms with Crippen LogP contribution in [-0.4, -0.2) is 36.9 Å². The number of aryl methyl sites for hydroxylation is 1. The fourth-order valence-corrected chi connectivity index (χ4v) is 3.74. The Kier molecular flexibility index (Phi) is 6.80. The maximum atomic E-state index is 12.8. The van der Waals surface area contributed by atoms with Crippen LogP contribution in [0.3, 0.4) is 0 Å². The molecule has 0 amide bonds. The first-order chi connectivity index (χ1) is 12.7. The maximum Gasteiger partial charge on any atom is 0.332 e. The Bertz CT molecular complexity index is 964. The molecule has 27 heavy (non-hydrogen) atoms. The summed E-state index contributed by atoms with van der Waals surface area (Å²) in [6.07, 6.45) is 1.13. The third-order valence-corrected chi connectivity index (χ3v) is 5.41. The van der Waals surface area contributed by atoms with E-state index >= 15 is 0 Å². The van der Waals surface area contributed by atoms with Gasteiger partial charge in [0.15, 0.2) is 5.65 Å². The van der Waals surface area contributed by atoms with Crippen LogP contribution in [0.25, 0.3) is 11.0 Å². The van der Waals surface area contributed by atoms with E-state index in [9.17, 15) is 14.4 Å². The van der Waals surface area contributed by atoms with Gasteiger partial charge in [0.2, 0.25) is 0 Å². The molecule has 9 heteroatoms. The number of nitrogens with zero attached hydrogens (tertiary/aromatic N) is 4. The number of thioether (sulfide) groups is 1. The first-order valence-electron chi connectivity index (χ1n) is 9.01. The van der Waals surface area contributed by atoms with Crippen molar-refractivity contribution in [1.82, 2.24) is 19.1 Å². The Morgan fingerprint density at radius 3 is 2.37 bits per heavy atom. The van der Waals surface area contributed by atoms with Gasteiger partial charge in [0.1, 0.15) is 21.5 Å². The number of hydrogen-bond acceptors (Lipinski definition) is 7. The van der Waals surface area contributed by atoms with Crippen molar-refractivity contribution in [1.29, 1.82) is 0 Å². The third kappa shape index (κ3) is 4.40. The second-order valence-electron chi connectivity index (χ2n) is 6.71. The molecule has 2 aromatic rings. The van der Waals surface area contributed by atoms with Crippen molar-refractivity contribution in [3.63, 3.8) is 0 Å². The predicted molar refractivity (Wildman–Crippen MR) is 105 cm³/mol. The largest absolute Gasteiger partial charge is 0.465 e. The predicted octanol–water partition coefficient (Wildman–Crippen LogP) is 1.66. The van der Waals surface area contributed by atoms with E-state index in [-0.39, 0.29) is 23.6 Å². The Hall–Kier alpha value is -2.16. The zero-order chi connectivity index (χ0) is 20.3. The summed E-state index contributed by atoms with van der Waals surface area (Å²) in [5.41, 5.74) is -0.629. The van der Waals surface area contributed by atoms with Gasteiger partial charge in [0.25, 0.3) is 5.56 Å². The van der Waals surface area contributed by atoms with Gasteiger partial charge < -0.3 is 4.74 Å². The van der Waals surface area contributed by atoms with Gasteiger partial charge in [-0.05, 0) is 19.3 Å². The fourth-order valence-electron chi connectivity index (χ4n) is 2.68. The van der Waals surface area contributed by atoms with Crippen LogP contribution in [0.1, 0.15) is 39.9 Å². The normalized spacial score (nSPS) is 12.6. The third-order valence-electron chi connectivity index (χ3n) is 4.08. The summed E-state index contributed by atoms with van der Waals surface area (Å²) in [7, 11) is 3.00. The molecule has 2 rings (SSSR count). The van der Waals surface area contributed by atoms with Gasteiger partial charge in [-0.3, -0.25) is 18.7 Å². The van der Waals surface area contributed by atoms with Crippen LogP contribution in [0, 0.1) is 5.92 Å². The summed E-state index contributed by atoms with van der Waals surface area (Å²) in [6, 6.07) is 0. The number of rotatable bonds is 7. The molecule has 0 N–H and O–H groups in total. The summed E-state index contributed by atoms with van der Waals surface area (Å²) in [5, 5.41) is 0.170. The summed E-state index contributed by atoms with van der Waals surface area (Å²) >= 11 is 1.19. The number of hydrogen-bond donors (Lipinski definition) is 0. The van der Waals surface area contributed by atoms with Crippen LogP contribution >= 0.6 is 11.8 Å². The van der Waals surface area contributed by atoms with E-state index in [4.69, 9.17) is 4.74 Å². The van der Waals surface area contributed by atoms with Gasteiger partial charge in [-0.25, -0.2) is 14.8 Å². The molecule has 148 valence electrons. The van der Waals surface area contributed by atoms with E-state index in [1.165, 1.54) is 23.4 Å². The first-order valence-corrected chi connectivity index (χ1v) is 9.89. The number of ether oxygens (including phenoxy) is 1. The first kappa shape index (κ1) is 21.1. The molecule has 2 heterocycles. The SMILES string of the molecule is CCOC(=O)[C@H](CC)Sc1nc(CC(C)C)nc2c1c(=O)n(C)c(=O)n2C. The molecule has 0 aromatic carbocycles. The van der Waals surface area contributed by atoms with Crippen LogP contribution < -0.4 is 11.2 Å². The lowest BCUT2D eigenvalue weighted by Gasteiger charge is -2.16. The Labute approximate surface area is 162 Å². The minimum Gasteiger partial charge on any atom is -0.465 e. The maximum absolute atomic E-state index is 12.8. The van der Waals surface area contributed by atoms with Crippen molar-refractivity contribution in [2.75, 3.05) is 6.61 Å². The van der Waals surface area contributed by atoms with Gasteiger partial charge in [-0.2, -0.15) is 0 Å². The quantitative estimate of drug-likeness (QED) is 0.400. The topological polar surface area (TPSA) is 96.1 Å². The molecular formula is C18H26N4O4S. The van der Waals surface area contributed by atoms with Crippen molar-refractivity contribution >= 4 is 28.8 Å². The minimum atomic E-state index is -0.489. The summed E-state index contributed by atoms with van der Waals surface area (Å²) in [5.74, 6) is 0.502. The summed E-state index contributed by atoms with van der Waals surface area (Å²) in [6.45, 7) is 7.99. The number of fused-ring (bicyclic) bond motifs is 1. The summed E-state index contributed by atoms with van der Waals surface area (Å²) < 4.78 is 7.50. The number of esters is 1. The van der Waals surface area contributed by atoms with Gasteiger partial charge in [-0.1, -0.05) is 32.5 Å². The summed E-state index contributed by atoms with van der Waals surface area (Å²) in [4.78, 5) is 46.3. The molecule has 0 aliphatic rings. The zero-order valence-electron chi connectivity index (χ0n) is 16.6. The van der Waals surface area contributed by atoms with E-state index < -0.39 is 16.5 Å². The molecular weight excluding hydrogens is 368 g/mol. The van der Waals surface area contributed by atoms with Crippen LogP contribution in [0.4, 0.5) is 0 Å². The zero-order valence-corrected chi connectivity index (χ0v) is 17.4. The molecule has 2 aromatic heterocycles. The molecule has 0 aliphatic heterocycles. The molecule has 0 aliphatic carbocycles. The highest BCUT2D eigenvalue weighted by atomic mass is 32.2. The Morgan fingerprint density at radius 2 is 1.81 bits per heavy atom. The van der Waals surface area contributed by atoms with Crippen molar-refractivity contribution in [2.45, 2.75) is 50.8 Å². The molecule has 0 fully saturated rings. The number of aromatic nitrogens is 4. The standard InChI is InChI=1S/C18H26N4O4S/c1-7-11(17(24)26-8-2)27-15-13-14(19-12(20-15)9-10(3)4)21(5)18(25)22(6)16(13)23/h10-11H,7-9H2,1-6H3/t11-/m0/s1. The van der Waals surface area contributed by atoms with Gasteiger partial charge in [-0.15, -0.1) is 0 Å². The monoisotopic (exact) mass is 394 g/mol. The van der Waals surface area contributed by atoms with E-state index in [0.29, 0.717) is 29.6 Å². The average Bonchev–Trinajstić information content (AvgIpc) is 2.61. The highest BCUT2D eigenvalue weighted by Gasteiger charge is 2.24. The van der Waals surface area contributed by atoms with Crippen molar-refractivity contribution in [3.05, 3.63) is 26.7 Å². The van der Waals surface area contributed by atoms with E-state index in [1.54, 1.807) is 14.0 Å². The number of carbonyl (C=O) groups is 1. The Morgan fingerprint density at radius 1 is 1.15 bits per heavy atom. The average molecular weight is 394 g/mol. The lowest BCUT2D eigenvalue weighted by atomic mass is 10.1. The van der Waals surface area contributed by atoms with Crippen molar-refractivity contribution in [2.24, 2.45) is 20.0 Å². The second kappa shape index (κ2) is 8.69. The molecule has 0 saturated carbocycles. The van der Waals surface area contributed by atoms with Crippen LogP contribution in [0.15, 0.2) is 14.6 Å². The van der Waals surface area contributed by atoms with E-state index in [1.807, 2.05) is 20.8 Å². The highest BCUT2D eigenvalue weighted by molar-refractivity contribution is 8.00. The minimum absolute atomic E-state index is 0.250. The van der Waals surface area contributed by atoms with Gasteiger partial charge in [0.05, 0.1) is 6.61 Å². The van der Waals surface area contributed by atoms with Crippen molar-refractivity contribution in [3.8, 4) is 0 Å². The second-order valence-corrected chi connectivity index (χ2v) is 7.91. The smallest absolute Gasteiger partial charge is 0.332 e. The van der Waals surface area contributed by atoms with Crippen molar-refractivity contribution < 1.29 is 9.53 Å². The molecule has 0 unspecified atom stereocenters. The Balaban J connectivity index is 2.73. The van der Waals surface area contributed by atoms with E-state index in [0.717, 1.165) is 4.57 Å². The fraction of sp³-hybridized carbons (Fsp3) is 0.611. The molecule has 0 radical (unpaired) electrons. The molecule has 0 bridgehead atoms. The molecule has 8 nitrogen and oxygen atoms in total. The van der Waals surface area contributed by atoms with Gasteiger partial charge in [0, 0.05) is 20.5 Å². The lowest BCUT2D eigenvalue weighted by molar-refractivity contribution is -0.142. The van der Waals surface area contributed by atoms with Crippen LogP contribution in [0.2, 0.25) is 0 Å². The van der Waals surface area contributed by atoms with Gasteiger partial charge >= 0.3 is 11.7 Å². The van der Waals surface area contributed by atoms with E-state index in [2.05, 4.69) is 9.97 Å². The van der Waals surface area contributed by atoms with Crippen LogP contribution in [0.5, 0.6) is 0 Å². The van der Waals surface area contributed by atoms with Crippen LogP contribution in [-0.2, 0) is 30.0 Å².